The summed E-state index contributed by atoms with van der Waals surface area (Å²) in [6, 6.07) is 18.3. The molecule has 0 aliphatic heterocycles. The van der Waals surface area contributed by atoms with Gasteiger partial charge in [0.1, 0.15) is 0 Å². The highest BCUT2D eigenvalue weighted by Crippen LogP contribution is 2.40. The topological polar surface area (TPSA) is 283 Å². The summed E-state index contributed by atoms with van der Waals surface area (Å²) in [5.41, 5.74) is 31.4. The molecule has 18 nitrogen and oxygen atoms in total. The van der Waals surface area contributed by atoms with E-state index in [1.54, 1.807) is 12.1 Å². The summed E-state index contributed by atoms with van der Waals surface area (Å²) in [4.78, 5) is 59.0. The van der Waals surface area contributed by atoms with Gasteiger partial charge < -0.3 is 63.1 Å². The number of nitrogens with two attached hydrogens (primary N) is 4. The molecule has 12 N–H and O–H groups in total. The SMILES string of the molecule is CCOc1cc2ncc(C(N)=O)c(Nc3cccc(CNC(=O)C4(N)CCCC4)c3CC)c2cc1OCC.CCOc1cc2ncc(C(N)=O)c(Nc3cccc(CNC(=O)[C@H](N)C(C)C)c3CC)c2cc1OCC. The number of amides is 4. The second-order valence-corrected chi connectivity index (χ2v) is 18.6. The van der Waals surface area contributed by atoms with Crippen molar-refractivity contribution in [2.24, 2.45) is 28.9 Å². The number of fused-ring (bicyclic) bond motifs is 2. The lowest BCUT2D eigenvalue weighted by Crippen LogP contribution is -2.51. The smallest absolute Gasteiger partial charge is 0.252 e. The third-order valence-corrected chi connectivity index (χ3v) is 13.2. The van der Waals surface area contributed by atoms with Gasteiger partial charge >= 0.3 is 0 Å². The number of carbonyl (C=O) groups is 4. The Morgan fingerprint density at radius 1 is 0.613 bits per heavy atom. The van der Waals surface area contributed by atoms with E-state index in [1.807, 2.05) is 97.0 Å². The molecule has 1 fully saturated rings. The Kier molecular flexibility index (Phi) is 19.6. The third-order valence-electron chi connectivity index (χ3n) is 13.2. The van der Waals surface area contributed by atoms with Crippen molar-refractivity contribution in [3.63, 3.8) is 0 Å². The van der Waals surface area contributed by atoms with Crippen molar-refractivity contribution in [2.45, 2.75) is 119 Å². The van der Waals surface area contributed by atoms with Crippen LogP contribution in [-0.2, 0) is 35.5 Å². The Bertz CT molecular complexity index is 3010. The molecule has 7 rings (SSSR count). The molecule has 2 heterocycles. The lowest BCUT2D eigenvalue weighted by molar-refractivity contribution is -0.126. The summed E-state index contributed by atoms with van der Waals surface area (Å²) < 4.78 is 23.1. The van der Waals surface area contributed by atoms with Gasteiger partial charge in [0.2, 0.25) is 11.8 Å². The van der Waals surface area contributed by atoms with Gasteiger partial charge in [-0.05, 0) is 106 Å². The quantitative estimate of drug-likeness (QED) is 0.0299. The van der Waals surface area contributed by atoms with Crippen molar-refractivity contribution >= 4 is 68.2 Å². The fourth-order valence-corrected chi connectivity index (χ4v) is 9.24. The Hall–Kier alpha value is -7.70. The number of carbonyl (C=O) groups excluding carboxylic acids is 4. The molecule has 1 aliphatic carbocycles. The molecule has 2 aromatic heterocycles. The van der Waals surface area contributed by atoms with Gasteiger partial charge in [-0.2, -0.15) is 0 Å². The number of benzene rings is 4. The molecule has 75 heavy (non-hydrogen) atoms. The van der Waals surface area contributed by atoms with E-state index < -0.39 is 23.4 Å². The van der Waals surface area contributed by atoms with Crippen LogP contribution in [0.25, 0.3) is 21.8 Å². The average molecular weight is 1030 g/mol. The van der Waals surface area contributed by atoms with Crippen LogP contribution in [0, 0.1) is 5.92 Å². The molecule has 6 aromatic rings. The normalized spacial score (nSPS) is 13.1. The number of rotatable bonds is 23. The molecule has 1 saturated carbocycles. The van der Waals surface area contributed by atoms with Gasteiger partial charge in [-0.1, -0.05) is 64.8 Å². The van der Waals surface area contributed by atoms with Gasteiger partial charge in [0.05, 0.1) is 71.5 Å². The number of primary amides is 2. The van der Waals surface area contributed by atoms with E-state index in [4.69, 9.17) is 41.9 Å². The summed E-state index contributed by atoms with van der Waals surface area (Å²) in [7, 11) is 0. The third kappa shape index (κ3) is 13.3. The second-order valence-electron chi connectivity index (χ2n) is 18.6. The first-order valence-corrected chi connectivity index (χ1v) is 25.9. The fourth-order valence-electron chi connectivity index (χ4n) is 9.24. The number of nitrogens with one attached hydrogen (secondary N) is 4. The first-order valence-electron chi connectivity index (χ1n) is 25.9. The minimum atomic E-state index is -0.785. The highest BCUT2D eigenvalue weighted by Gasteiger charge is 2.37. The predicted octanol–water partition coefficient (Wildman–Crippen LogP) is 8.36. The molecule has 1 aliphatic rings. The van der Waals surface area contributed by atoms with Crippen LogP contribution in [0.5, 0.6) is 23.0 Å². The molecule has 0 saturated heterocycles. The Labute approximate surface area is 439 Å². The molecule has 0 unspecified atom stereocenters. The number of hydrogen-bond acceptors (Lipinski definition) is 14. The second kappa shape index (κ2) is 26.0. The zero-order valence-corrected chi connectivity index (χ0v) is 44.5. The molecule has 4 amide bonds. The van der Waals surface area contributed by atoms with E-state index in [1.165, 1.54) is 12.4 Å². The average Bonchev–Trinajstić information content (AvgIpc) is 3.85. The van der Waals surface area contributed by atoms with E-state index in [-0.39, 0.29) is 28.9 Å². The highest BCUT2D eigenvalue weighted by molar-refractivity contribution is 6.09. The van der Waals surface area contributed by atoms with Crippen LogP contribution in [0.15, 0.2) is 73.1 Å². The summed E-state index contributed by atoms with van der Waals surface area (Å²) >= 11 is 0. The van der Waals surface area contributed by atoms with E-state index in [0.717, 1.165) is 46.5 Å². The predicted molar refractivity (Wildman–Crippen MR) is 295 cm³/mol. The van der Waals surface area contributed by atoms with Crippen molar-refractivity contribution in [2.75, 3.05) is 37.1 Å². The molecule has 18 heteroatoms. The summed E-state index contributed by atoms with van der Waals surface area (Å²) in [6.07, 6.45) is 7.70. The van der Waals surface area contributed by atoms with Crippen molar-refractivity contribution < 1.29 is 38.1 Å². The van der Waals surface area contributed by atoms with E-state index in [0.29, 0.717) is 121 Å². The van der Waals surface area contributed by atoms with Crippen LogP contribution in [0.1, 0.15) is 124 Å². The van der Waals surface area contributed by atoms with Gasteiger partial charge in [-0.15, -0.1) is 0 Å². The zero-order valence-electron chi connectivity index (χ0n) is 44.5. The number of anilines is 4. The molecule has 0 bridgehead atoms. The summed E-state index contributed by atoms with van der Waals surface area (Å²) in [5, 5.41) is 14.2. The number of ether oxygens (including phenoxy) is 4. The Balaban J connectivity index is 0.000000244. The van der Waals surface area contributed by atoms with E-state index >= 15 is 0 Å². The summed E-state index contributed by atoms with van der Waals surface area (Å²) in [6.45, 7) is 18.1. The van der Waals surface area contributed by atoms with Crippen molar-refractivity contribution in [1.82, 2.24) is 20.6 Å². The number of aromatic nitrogens is 2. The number of nitrogens with zero attached hydrogens (tertiary/aromatic N) is 2. The van der Waals surface area contributed by atoms with Crippen LogP contribution in [0.2, 0.25) is 0 Å². The number of hydrogen-bond donors (Lipinski definition) is 8. The monoisotopic (exact) mass is 1030 g/mol. The zero-order chi connectivity index (χ0) is 54.4. The van der Waals surface area contributed by atoms with Crippen LogP contribution in [0.3, 0.4) is 0 Å². The first kappa shape index (κ1) is 56.6. The highest BCUT2D eigenvalue weighted by atomic mass is 16.5. The van der Waals surface area contributed by atoms with Gasteiger partial charge in [-0.3, -0.25) is 29.1 Å². The maximum atomic E-state index is 12.8. The molecule has 1 atom stereocenters. The number of pyridine rings is 2. The van der Waals surface area contributed by atoms with E-state index in [2.05, 4.69) is 38.2 Å². The molecule has 0 spiro atoms. The van der Waals surface area contributed by atoms with Gasteiger partial charge in [0.25, 0.3) is 11.8 Å². The lowest BCUT2D eigenvalue weighted by Gasteiger charge is -2.23. The first-order chi connectivity index (χ1) is 36.0. The molecule has 400 valence electrons. The Morgan fingerprint density at radius 2 is 1.01 bits per heavy atom. The Morgan fingerprint density at radius 3 is 1.39 bits per heavy atom. The summed E-state index contributed by atoms with van der Waals surface area (Å²) in [5.74, 6) is 0.802. The van der Waals surface area contributed by atoms with Crippen LogP contribution in [0.4, 0.5) is 22.7 Å². The molecule has 4 aromatic carbocycles. The van der Waals surface area contributed by atoms with Crippen molar-refractivity contribution in [1.29, 1.82) is 0 Å². The van der Waals surface area contributed by atoms with Gasteiger partial charge in [-0.25, -0.2) is 0 Å². The van der Waals surface area contributed by atoms with Crippen LogP contribution < -0.4 is 63.1 Å². The van der Waals surface area contributed by atoms with Gasteiger partial charge in [0, 0.05) is 59.8 Å². The maximum Gasteiger partial charge on any atom is 0.252 e. The minimum Gasteiger partial charge on any atom is -0.490 e. The standard InChI is InChI=1S/C29H37N5O4.C28H37N5O4/c1-4-19-18(16-33-28(36)29(31)12-7-8-13-29)10-9-11-22(19)34-26-20-14-24(37-5-2)25(38-6-3)15-23(20)32-17-21(26)27(30)35;1-6-18-17(14-32-28(35)25(29)16(4)5)10-9-11-21(18)33-26-19-12-23(36-7-2)24(37-8-3)13-22(19)31-15-20(26)27(30)34/h9-11,14-15,17H,4-8,12-13,16,31H2,1-3H3,(H2,30,35)(H,32,34)(H,33,36);9-13,15-16,25H,6-8,14,29H2,1-5H3,(H2,30,34)(H,31,33)(H,32,35)/t;25-/m.1/s1. The van der Waals surface area contributed by atoms with E-state index in [9.17, 15) is 19.2 Å². The molecular weight excluding hydrogens is 953 g/mol. The minimum absolute atomic E-state index is 0.0376. The molecular formula is C57H74N10O8. The maximum absolute atomic E-state index is 12.8. The van der Waals surface area contributed by atoms with Crippen LogP contribution >= 0.6 is 0 Å². The van der Waals surface area contributed by atoms with Crippen molar-refractivity contribution in [3.8, 4) is 23.0 Å². The van der Waals surface area contributed by atoms with Crippen LogP contribution in [-0.4, -0.2) is 71.6 Å². The molecule has 0 radical (unpaired) electrons. The fraction of sp³-hybridized carbons (Fsp3) is 0.404. The van der Waals surface area contributed by atoms with Gasteiger partial charge in [0.15, 0.2) is 23.0 Å². The van der Waals surface area contributed by atoms with Crippen molar-refractivity contribution in [3.05, 3.63) is 106 Å². The lowest BCUT2D eigenvalue weighted by atomic mass is 9.97. The largest absolute Gasteiger partial charge is 0.490 e.